The number of rotatable bonds is 39. The van der Waals surface area contributed by atoms with E-state index < -0.39 is 13.9 Å². The van der Waals surface area contributed by atoms with Crippen LogP contribution in [0.5, 0.6) is 0 Å². The predicted molar refractivity (Wildman–Crippen MR) is 227 cm³/mol. The minimum atomic E-state index is -4.26. The lowest BCUT2D eigenvalue weighted by atomic mass is 10.0. The van der Waals surface area contributed by atoms with Crippen LogP contribution in [0.15, 0.2) is 48.6 Å². The van der Waals surface area contributed by atoms with Crippen molar-refractivity contribution in [2.24, 2.45) is 0 Å². The molecule has 3 atom stereocenters. The second-order valence-corrected chi connectivity index (χ2v) is 17.2. The van der Waals surface area contributed by atoms with E-state index in [1.54, 1.807) is 0 Å². The van der Waals surface area contributed by atoms with E-state index in [1.165, 1.54) is 77.0 Å². The van der Waals surface area contributed by atoms with Crippen LogP contribution in [0.3, 0.4) is 0 Å². The summed E-state index contributed by atoms with van der Waals surface area (Å²) in [5.41, 5.74) is 0. The van der Waals surface area contributed by atoms with Gasteiger partial charge in [-0.3, -0.25) is 13.8 Å². The number of phosphoric ester groups is 1. The predicted octanol–water partition coefficient (Wildman–Crippen LogP) is 10.9. The number of carbonyl (C=O) groups excluding carboxylic acids is 1. The number of amides is 1. The molecule has 0 bridgehead atoms. The Morgan fingerprint density at radius 1 is 0.685 bits per heavy atom. The number of allylic oxidation sites excluding steroid dienone is 7. The van der Waals surface area contributed by atoms with Crippen molar-refractivity contribution in [3.63, 3.8) is 0 Å². The molecule has 0 spiro atoms. The number of phosphoric acid groups is 1. The van der Waals surface area contributed by atoms with Crippen molar-refractivity contribution in [2.45, 2.75) is 174 Å². The van der Waals surface area contributed by atoms with Gasteiger partial charge in [0.1, 0.15) is 13.2 Å². The molecule has 10 heteroatoms. The molecule has 0 fully saturated rings. The Labute approximate surface area is 332 Å². The van der Waals surface area contributed by atoms with Crippen molar-refractivity contribution in [1.82, 2.24) is 5.32 Å². The van der Waals surface area contributed by atoms with Crippen molar-refractivity contribution >= 4 is 13.7 Å². The van der Waals surface area contributed by atoms with Gasteiger partial charge in [-0.15, -0.1) is 0 Å². The van der Waals surface area contributed by atoms with Crippen LogP contribution >= 0.6 is 7.82 Å². The summed E-state index contributed by atoms with van der Waals surface area (Å²) in [5, 5.41) is 12.8. The standard InChI is InChI=1S/C44H83N2O7P/c1-6-8-10-11-12-13-14-15-16-20-23-26-29-33-38-51-40-42(41-53-54(49,50)52-39-37-46(3,4)5)45-44(48)36-32-28-25-22-19-17-18-21-24-27-31-35-43(47)34-30-9-7-2/h17-18,22,24-25,27,31,35,42-43,47H,6-16,19-21,23,26,28-30,32-34,36-41H2,1-5H3,(H-,45,48,49,50)/p+1/b18-17-,25-22-,27-24-,35-31+. The molecule has 3 unspecified atom stereocenters. The third-order valence-corrected chi connectivity index (χ3v) is 10.1. The van der Waals surface area contributed by atoms with E-state index in [1.807, 2.05) is 39.4 Å². The fourth-order valence-electron chi connectivity index (χ4n) is 5.70. The van der Waals surface area contributed by atoms with Crippen LogP contribution in [0.25, 0.3) is 0 Å². The molecule has 3 N–H and O–H groups in total. The maximum atomic E-state index is 12.8. The van der Waals surface area contributed by atoms with Gasteiger partial charge in [0, 0.05) is 13.0 Å². The fourth-order valence-corrected chi connectivity index (χ4v) is 6.46. The number of quaternary nitrogens is 1. The first-order chi connectivity index (χ1) is 26.0. The van der Waals surface area contributed by atoms with E-state index in [-0.39, 0.29) is 31.8 Å². The molecular formula is C44H84N2O7P+. The Bertz CT molecular complexity index is 1020. The second kappa shape index (κ2) is 37.0. The monoisotopic (exact) mass is 784 g/mol. The Morgan fingerprint density at radius 3 is 1.85 bits per heavy atom. The van der Waals surface area contributed by atoms with Crippen molar-refractivity contribution < 1.29 is 37.6 Å². The summed E-state index contributed by atoms with van der Waals surface area (Å²) in [6.07, 6.45) is 41.7. The van der Waals surface area contributed by atoms with Gasteiger partial charge in [-0.25, -0.2) is 4.57 Å². The Balaban J connectivity index is 4.40. The van der Waals surface area contributed by atoms with Crippen molar-refractivity contribution in [3.8, 4) is 0 Å². The van der Waals surface area contributed by atoms with Crippen LogP contribution in [-0.2, 0) is 23.1 Å². The van der Waals surface area contributed by atoms with Crippen molar-refractivity contribution in [1.29, 1.82) is 0 Å². The first kappa shape index (κ1) is 52.4. The maximum Gasteiger partial charge on any atom is 0.472 e. The average Bonchev–Trinajstić information content (AvgIpc) is 3.11. The highest BCUT2D eigenvalue weighted by molar-refractivity contribution is 7.47. The summed E-state index contributed by atoms with van der Waals surface area (Å²) in [7, 11) is 1.67. The molecule has 0 aliphatic carbocycles. The molecule has 54 heavy (non-hydrogen) atoms. The van der Waals surface area contributed by atoms with Gasteiger partial charge in [-0.2, -0.15) is 0 Å². The third kappa shape index (κ3) is 40.1. The zero-order chi connectivity index (χ0) is 40.0. The number of nitrogens with zero attached hydrogens (tertiary/aromatic N) is 1. The van der Waals surface area contributed by atoms with Gasteiger partial charge in [0.2, 0.25) is 5.91 Å². The highest BCUT2D eigenvalue weighted by Crippen LogP contribution is 2.43. The summed E-state index contributed by atoms with van der Waals surface area (Å²) < 4.78 is 29.4. The number of likely N-dealkylation sites (N-methyl/N-ethyl adjacent to an activating group) is 1. The molecule has 0 aliphatic rings. The molecule has 0 aliphatic heterocycles. The number of aliphatic hydroxyl groups is 1. The zero-order valence-corrected chi connectivity index (χ0v) is 36.3. The van der Waals surface area contributed by atoms with E-state index >= 15 is 0 Å². The summed E-state index contributed by atoms with van der Waals surface area (Å²) in [4.78, 5) is 23.0. The summed E-state index contributed by atoms with van der Waals surface area (Å²) in [6, 6.07) is -0.548. The summed E-state index contributed by atoms with van der Waals surface area (Å²) in [6.45, 7) is 5.70. The smallest absolute Gasteiger partial charge is 0.389 e. The van der Waals surface area contributed by atoms with Gasteiger partial charge in [0.05, 0.1) is 46.5 Å². The highest BCUT2D eigenvalue weighted by atomic mass is 31.2. The lowest BCUT2D eigenvalue weighted by molar-refractivity contribution is -0.870. The van der Waals surface area contributed by atoms with E-state index in [0.717, 1.165) is 57.8 Å². The number of unbranched alkanes of at least 4 members (excludes halogenated alkanes) is 16. The molecule has 1 amide bonds. The molecule has 0 radical (unpaired) electrons. The van der Waals surface area contributed by atoms with Crippen LogP contribution in [0.2, 0.25) is 0 Å². The van der Waals surface area contributed by atoms with Crippen LogP contribution in [-0.4, -0.2) is 86.7 Å². The quantitative estimate of drug-likeness (QED) is 0.0187. The minimum Gasteiger partial charge on any atom is -0.389 e. The number of hydrogen-bond donors (Lipinski definition) is 3. The number of ether oxygens (including phenoxy) is 1. The molecular weight excluding hydrogens is 699 g/mol. The van der Waals surface area contributed by atoms with Gasteiger partial charge in [0.15, 0.2) is 0 Å². The largest absolute Gasteiger partial charge is 0.472 e. The minimum absolute atomic E-state index is 0.0902. The maximum absolute atomic E-state index is 12.8. The van der Waals surface area contributed by atoms with Gasteiger partial charge in [-0.1, -0.05) is 165 Å². The van der Waals surface area contributed by atoms with E-state index in [2.05, 4.69) is 49.5 Å². The Morgan fingerprint density at radius 2 is 1.24 bits per heavy atom. The second-order valence-electron chi connectivity index (χ2n) is 15.7. The zero-order valence-electron chi connectivity index (χ0n) is 35.4. The molecule has 316 valence electrons. The number of nitrogens with one attached hydrogen (secondary N) is 1. The third-order valence-electron chi connectivity index (χ3n) is 9.12. The Hall–Kier alpha value is -1.58. The van der Waals surface area contributed by atoms with Gasteiger partial charge < -0.3 is 24.5 Å². The topological polar surface area (TPSA) is 114 Å². The van der Waals surface area contributed by atoms with Gasteiger partial charge >= 0.3 is 7.82 Å². The van der Waals surface area contributed by atoms with Crippen LogP contribution in [0.1, 0.15) is 162 Å². The van der Waals surface area contributed by atoms with Crippen LogP contribution in [0.4, 0.5) is 0 Å². The molecule has 0 saturated carbocycles. The van der Waals surface area contributed by atoms with E-state index in [4.69, 9.17) is 13.8 Å². The fraction of sp³-hybridized carbons (Fsp3) is 0.795. The molecule has 0 aromatic carbocycles. The molecule has 0 saturated heterocycles. The van der Waals surface area contributed by atoms with Crippen molar-refractivity contribution in [3.05, 3.63) is 48.6 Å². The van der Waals surface area contributed by atoms with E-state index in [0.29, 0.717) is 30.5 Å². The van der Waals surface area contributed by atoms with Crippen molar-refractivity contribution in [2.75, 3.05) is 54.1 Å². The lowest BCUT2D eigenvalue weighted by Gasteiger charge is -2.24. The lowest BCUT2D eigenvalue weighted by Crippen LogP contribution is -2.41. The first-order valence-electron chi connectivity index (χ1n) is 21.6. The number of aliphatic hydroxyl groups excluding tert-OH is 1. The van der Waals surface area contributed by atoms with E-state index in [9.17, 15) is 19.4 Å². The molecule has 0 aromatic heterocycles. The summed E-state index contributed by atoms with van der Waals surface area (Å²) in [5.74, 6) is -0.134. The number of carbonyl (C=O) groups is 1. The Kier molecular flexibility index (Phi) is 35.9. The van der Waals surface area contributed by atoms with Gasteiger partial charge in [0.25, 0.3) is 0 Å². The van der Waals surface area contributed by atoms with Crippen LogP contribution in [0, 0.1) is 0 Å². The molecule has 0 rings (SSSR count). The van der Waals surface area contributed by atoms with Crippen LogP contribution < -0.4 is 5.32 Å². The first-order valence-corrected chi connectivity index (χ1v) is 23.1. The highest BCUT2D eigenvalue weighted by Gasteiger charge is 2.25. The number of hydrogen-bond acceptors (Lipinski definition) is 6. The molecule has 0 aromatic rings. The molecule has 0 heterocycles. The van der Waals surface area contributed by atoms with Gasteiger partial charge in [-0.05, 0) is 38.5 Å². The average molecular weight is 784 g/mol. The normalized spacial score (nSPS) is 14.9. The summed E-state index contributed by atoms with van der Waals surface area (Å²) >= 11 is 0. The SMILES string of the molecule is CCCCCCCCCCCCCCCCOCC(COP(=O)(O)OCC[N+](C)(C)C)NC(=O)CCC/C=C\C/C=C\C/C=C\C=C\C(O)CCCCC. The molecule has 9 nitrogen and oxygen atoms in total.